The molecule has 90 valence electrons. The second-order valence-electron chi connectivity index (χ2n) is 3.41. The lowest BCUT2D eigenvalue weighted by Crippen LogP contribution is -2.08. The zero-order valence-corrected chi connectivity index (χ0v) is 10.2. The summed E-state index contributed by atoms with van der Waals surface area (Å²) in [7, 11) is 1.68. The first-order valence-electron chi connectivity index (χ1n) is 4.61. The van der Waals surface area contributed by atoms with E-state index < -0.39 is 11.9 Å². The van der Waals surface area contributed by atoms with E-state index in [9.17, 15) is 13.2 Å². The molecule has 0 aliphatic heterocycles. The fraction of sp³-hybridized carbons (Fsp3) is 0.200. The highest BCUT2D eigenvalue weighted by Crippen LogP contribution is 2.30. The van der Waals surface area contributed by atoms with Crippen molar-refractivity contribution in [1.82, 2.24) is 14.8 Å². The van der Waals surface area contributed by atoms with Crippen molar-refractivity contribution in [1.29, 1.82) is 0 Å². The molecule has 0 bridgehead atoms. The minimum atomic E-state index is -4.45. The van der Waals surface area contributed by atoms with E-state index in [0.717, 1.165) is 6.07 Å². The molecule has 2 aromatic heterocycles. The lowest BCUT2D eigenvalue weighted by molar-refractivity contribution is -0.141. The summed E-state index contributed by atoms with van der Waals surface area (Å²) in [5.74, 6) is 0. The Balaban J connectivity index is 2.50. The molecule has 2 rings (SSSR count). The molecule has 0 spiro atoms. The number of alkyl halides is 3. The Kier molecular flexibility index (Phi) is 2.94. The van der Waals surface area contributed by atoms with Crippen LogP contribution in [0.15, 0.2) is 28.9 Å². The van der Waals surface area contributed by atoms with Gasteiger partial charge in [-0.2, -0.15) is 18.3 Å². The summed E-state index contributed by atoms with van der Waals surface area (Å²) in [6, 6.07) is 3.73. The first-order valence-corrected chi connectivity index (χ1v) is 5.41. The average Bonchev–Trinajstić information content (AvgIpc) is 2.57. The van der Waals surface area contributed by atoms with Crippen LogP contribution in [0.3, 0.4) is 0 Å². The van der Waals surface area contributed by atoms with E-state index in [-0.39, 0.29) is 5.69 Å². The Hall–Kier alpha value is -1.37. The van der Waals surface area contributed by atoms with Gasteiger partial charge in [-0.05, 0) is 28.1 Å². The molecule has 0 radical (unpaired) electrons. The first-order chi connectivity index (χ1) is 7.88. The molecule has 0 aliphatic carbocycles. The minimum Gasteiger partial charge on any atom is -0.274 e. The Morgan fingerprint density at radius 3 is 2.53 bits per heavy atom. The predicted octanol–water partition coefficient (Wildman–Crippen LogP) is 3.26. The number of halogens is 4. The van der Waals surface area contributed by atoms with Gasteiger partial charge in [0.2, 0.25) is 0 Å². The van der Waals surface area contributed by atoms with Crippen molar-refractivity contribution < 1.29 is 13.2 Å². The van der Waals surface area contributed by atoms with Gasteiger partial charge < -0.3 is 0 Å². The van der Waals surface area contributed by atoms with Crippen molar-refractivity contribution in [2.75, 3.05) is 0 Å². The SMILES string of the molecule is Cn1cc(Br)c(-c2cccc(C(F)(F)F)n2)n1. The molecule has 0 aromatic carbocycles. The number of hydrogen-bond donors (Lipinski definition) is 0. The fourth-order valence-electron chi connectivity index (χ4n) is 1.36. The summed E-state index contributed by atoms with van der Waals surface area (Å²) in [5, 5.41) is 4.04. The predicted molar refractivity (Wildman–Crippen MR) is 59.1 cm³/mol. The van der Waals surface area contributed by atoms with Crippen molar-refractivity contribution in [3.8, 4) is 11.4 Å². The molecule has 0 amide bonds. The van der Waals surface area contributed by atoms with Crippen LogP contribution >= 0.6 is 15.9 Å². The van der Waals surface area contributed by atoms with Gasteiger partial charge in [0, 0.05) is 13.2 Å². The van der Waals surface area contributed by atoms with Crippen LogP contribution in [0.2, 0.25) is 0 Å². The summed E-state index contributed by atoms with van der Waals surface area (Å²) in [6.07, 6.45) is -2.80. The molecule has 0 aliphatic rings. The summed E-state index contributed by atoms with van der Waals surface area (Å²) in [5.41, 5.74) is -0.349. The molecule has 0 N–H and O–H groups in total. The van der Waals surface area contributed by atoms with Crippen LogP contribution in [0.5, 0.6) is 0 Å². The molecule has 0 fully saturated rings. The van der Waals surface area contributed by atoms with Crippen molar-refractivity contribution in [2.45, 2.75) is 6.18 Å². The van der Waals surface area contributed by atoms with E-state index in [1.807, 2.05) is 0 Å². The zero-order valence-electron chi connectivity index (χ0n) is 8.66. The fourth-order valence-corrected chi connectivity index (χ4v) is 1.94. The van der Waals surface area contributed by atoms with Gasteiger partial charge in [-0.15, -0.1) is 0 Å². The molecule has 3 nitrogen and oxygen atoms in total. The second-order valence-corrected chi connectivity index (χ2v) is 4.26. The van der Waals surface area contributed by atoms with Crippen molar-refractivity contribution in [2.24, 2.45) is 7.05 Å². The average molecular weight is 306 g/mol. The highest BCUT2D eigenvalue weighted by atomic mass is 79.9. The number of aromatic nitrogens is 3. The standard InChI is InChI=1S/C10H7BrF3N3/c1-17-5-6(11)9(16-17)7-3-2-4-8(15-7)10(12,13)14/h2-5H,1H3. The Labute approximate surface area is 103 Å². The highest BCUT2D eigenvalue weighted by Gasteiger charge is 2.32. The molecule has 0 atom stereocenters. The van der Waals surface area contributed by atoms with Gasteiger partial charge >= 0.3 is 6.18 Å². The number of nitrogens with zero attached hydrogens (tertiary/aromatic N) is 3. The van der Waals surface area contributed by atoms with E-state index in [0.29, 0.717) is 10.2 Å². The van der Waals surface area contributed by atoms with Gasteiger partial charge in [0.25, 0.3) is 0 Å². The van der Waals surface area contributed by atoms with E-state index in [2.05, 4.69) is 26.0 Å². The molecule has 0 saturated carbocycles. The largest absolute Gasteiger partial charge is 0.433 e. The number of aryl methyl sites for hydroxylation is 1. The van der Waals surface area contributed by atoms with E-state index in [1.54, 1.807) is 13.2 Å². The summed E-state index contributed by atoms with van der Waals surface area (Å²) >= 11 is 3.22. The lowest BCUT2D eigenvalue weighted by atomic mass is 10.2. The van der Waals surface area contributed by atoms with Gasteiger partial charge in [-0.1, -0.05) is 6.07 Å². The third-order valence-corrected chi connectivity index (χ3v) is 2.65. The highest BCUT2D eigenvalue weighted by molar-refractivity contribution is 9.10. The molecule has 0 unspecified atom stereocenters. The Morgan fingerprint density at radius 2 is 2.00 bits per heavy atom. The third kappa shape index (κ3) is 2.49. The third-order valence-electron chi connectivity index (χ3n) is 2.07. The number of pyridine rings is 1. The van der Waals surface area contributed by atoms with Gasteiger partial charge in [-0.3, -0.25) is 4.68 Å². The van der Waals surface area contributed by atoms with Crippen LogP contribution in [0.4, 0.5) is 13.2 Å². The Morgan fingerprint density at radius 1 is 1.29 bits per heavy atom. The van der Waals surface area contributed by atoms with E-state index in [4.69, 9.17) is 0 Å². The van der Waals surface area contributed by atoms with Crippen LogP contribution in [0.25, 0.3) is 11.4 Å². The lowest BCUT2D eigenvalue weighted by Gasteiger charge is -2.06. The van der Waals surface area contributed by atoms with Gasteiger partial charge in [0.05, 0.1) is 10.2 Å². The molecule has 7 heteroatoms. The maximum atomic E-state index is 12.5. The van der Waals surface area contributed by atoms with E-state index >= 15 is 0 Å². The van der Waals surface area contributed by atoms with Crippen LogP contribution in [0, 0.1) is 0 Å². The molecular weight excluding hydrogens is 299 g/mol. The van der Waals surface area contributed by atoms with Crippen LogP contribution in [-0.2, 0) is 13.2 Å². The van der Waals surface area contributed by atoms with Crippen LogP contribution < -0.4 is 0 Å². The maximum Gasteiger partial charge on any atom is 0.433 e. The quantitative estimate of drug-likeness (QED) is 0.809. The molecular formula is C10H7BrF3N3. The molecule has 17 heavy (non-hydrogen) atoms. The first kappa shape index (κ1) is 12.1. The summed E-state index contributed by atoms with van der Waals surface area (Å²) in [6.45, 7) is 0. The van der Waals surface area contributed by atoms with Gasteiger partial charge in [0.1, 0.15) is 11.4 Å². The van der Waals surface area contributed by atoms with Crippen LogP contribution in [0.1, 0.15) is 5.69 Å². The van der Waals surface area contributed by atoms with E-state index in [1.165, 1.54) is 16.8 Å². The molecule has 0 saturated heterocycles. The maximum absolute atomic E-state index is 12.5. The summed E-state index contributed by atoms with van der Waals surface area (Å²) < 4.78 is 39.6. The van der Waals surface area contributed by atoms with Crippen molar-refractivity contribution >= 4 is 15.9 Å². The Bertz CT molecular complexity index is 548. The molecule has 2 heterocycles. The number of hydrogen-bond acceptors (Lipinski definition) is 2. The van der Waals surface area contributed by atoms with Gasteiger partial charge in [-0.25, -0.2) is 4.98 Å². The molecule has 2 aromatic rings. The van der Waals surface area contributed by atoms with Gasteiger partial charge in [0.15, 0.2) is 0 Å². The van der Waals surface area contributed by atoms with Crippen molar-refractivity contribution in [3.63, 3.8) is 0 Å². The summed E-state index contributed by atoms with van der Waals surface area (Å²) in [4.78, 5) is 3.56. The number of rotatable bonds is 1. The van der Waals surface area contributed by atoms with Crippen LogP contribution in [-0.4, -0.2) is 14.8 Å². The smallest absolute Gasteiger partial charge is 0.274 e. The minimum absolute atomic E-state index is 0.187. The zero-order chi connectivity index (χ0) is 12.6. The topological polar surface area (TPSA) is 30.7 Å². The normalized spacial score (nSPS) is 11.8. The second kappa shape index (κ2) is 4.14. The monoisotopic (exact) mass is 305 g/mol. The van der Waals surface area contributed by atoms with Crippen molar-refractivity contribution in [3.05, 3.63) is 34.6 Å².